The number of piperidine rings is 2. The number of carbonyl (C=O) groups is 1. The number of fused-ring (bicyclic) bond motifs is 2. The molecule has 0 aromatic heterocycles. The zero-order chi connectivity index (χ0) is 27.1. The molecule has 1 amide bonds. The lowest BCUT2D eigenvalue weighted by atomic mass is 9.71. The van der Waals surface area contributed by atoms with Crippen molar-refractivity contribution in [3.05, 3.63) is 23.8 Å². The third-order valence-electron chi connectivity index (χ3n) is 10.9. The molecule has 7 heteroatoms. The second-order valence-corrected chi connectivity index (χ2v) is 14.7. The molecule has 1 spiro atoms. The number of anilines is 1. The molecular formula is C31H48BN3O3. The summed E-state index contributed by atoms with van der Waals surface area (Å²) in [5.41, 5.74) is 2.33. The van der Waals surface area contributed by atoms with E-state index in [0.29, 0.717) is 18.0 Å². The summed E-state index contributed by atoms with van der Waals surface area (Å²) < 4.78 is 12.8. The van der Waals surface area contributed by atoms with Crippen LogP contribution in [0.5, 0.6) is 0 Å². The Hall–Kier alpha value is -1.41. The predicted octanol–water partition coefficient (Wildman–Crippen LogP) is 4.48. The van der Waals surface area contributed by atoms with Crippen LogP contribution in [0.1, 0.15) is 99.0 Å². The lowest BCUT2D eigenvalue weighted by molar-refractivity contribution is -0.126. The van der Waals surface area contributed by atoms with Crippen LogP contribution >= 0.6 is 0 Å². The van der Waals surface area contributed by atoms with Crippen LogP contribution in [0.2, 0.25) is 0 Å². The maximum atomic E-state index is 14.5. The van der Waals surface area contributed by atoms with Crippen LogP contribution < -0.4 is 10.4 Å². The molecule has 5 aliphatic rings. The summed E-state index contributed by atoms with van der Waals surface area (Å²) in [7, 11) is -0.413. The van der Waals surface area contributed by atoms with Crippen LogP contribution in [-0.2, 0) is 19.5 Å². The van der Waals surface area contributed by atoms with Gasteiger partial charge in [-0.15, -0.1) is 0 Å². The van der Waals surface area contributed by atoms with E-state index in [1.54, 1.807) is 0 Å². The second-order valence-electron chi connectivity index (χ2n) is 14.7. The van der Waals surface area contributed by atoms with Gasteiger partial charge in [0.1, 0.15) is 0 Å². The van der Waals surface area contributed by atoms with Crippen molar-refractivity contribution >= 4 is 24.2 Å². The van der Waals surface area contributed by atoms with Crippen molar-refractivity contribution in [1.82, 2.24) is 9.80 Å². The molecule has 1 aliphatic carbocycles. The maximum Gasteiger partial charge on any atom is 0.494 e. The number of benzene rings is 1. The summed E-state index contributed by atoms with van der Waals surface area (Å²) in [6, 6.07) is 7.55. The summed E-state index contributed by atoms with van der Waals surface area (Å²) in [4.78, 5) is 21.9. The molecule has 4 heterocycles. The van der Waals surface area contributed by atoms with E-state index >= 15 is 0 Å². The fraction of sp³-hybridized carbons (Fsp3) is 0.774. The molecule has 38 heavy (non-hydrogen) atoms. The second kappa shape index (κ2) is 9.05. The van der Waals surface area contributed by atoms with E-state index in [4.69, 9.17) is 9.31 Å². The zero-order valence-corrected chi connectivity index (χ0v) is 24.8. The number of carbonyl (C=O) groups excluding carboxylic acids is 1. The van der Waals surface area contributed by atoms with Crippen LogP contribution in [-0.4, -0.2) is 77.8 Å². The minimum atomic E-state index is -0.413. The Labute approximate surface area is 230 Å². The van der Waals surface area contributed by atoms with E-state index in [1.807, 2.05) is 0 Å². The van der Waals surface area contributed by atoms with Gasteiger partial charge < -0.3 is 19.1 Å². The fourth-order valence-corrected chi connectivity index (χ4v) is 7.49. The van der Waals surface area contributed by atoms with E-state index in [0.717, 1.165) is 49.9 Å². The Balaban J connectivity index is 1.31. The van der Waals surface area contributed by atoms with Crippen molar-refractivity contribution in [2.75, 3.05) is 31.1 Å². The summed E-state index contributed by atoms with van der Waals surface area (Å²) in [6.45, 7) is 19.6. The van der Waals surface area contributed by atoms with E-state index in [1.165, 1.54) is 37.9 Å². The number of rotatable bonds is 3. The normalized spacial score (nSPS) is 31.1. The molecule has 0 N–H and O–H groups in total. The SMILES string of the molecule is CC(C)(C)N1CCC2(CC1)C(=O)N(C1CC(N3CCCCC3)C1)c1cc(B3OC(C)(C)C(C)(C)O3)ccc12. The van der Waals surface area contributed by atoms with E-state index in [2.05, 4.69) is 81.4 Å². The van der Waals surface area contributed by atoms with Gasteiger partial charge in [0.25, 0.3) is 0 Å². The van der Waals surface area contributed by atoms with Gasteiger partial charge in [-0.3, -0.25) is 9.69 Å². The Morgan fingerprint density at radius 2 is 1.47 bits per heavy atom. The van der Waals surface area contributed by atoms with Crippen molar-refractivity contribution in [3.8, 4) is 0 Å². The summed E-state index contributed by atoms with van der Waals surface area (Å²) in [5.74, 6) is 0.342. The average molecular weight is 522 g/mol. The van der Waals surface area contributed by atoms with E-state index in [9.17, 15) is 4.79 Å². The lowest BCUT2D eigenvalue weighted by Gasteiger charge is -2.48. The molecule has 1 saturated carbocycles. The minimum absolute atomic E-state index is 0.127. The number of likely N-dealkylation sites (tertiary alicyclic amines) is 2. The monoisotopic (exact) mass is 521 g/mol. The molecule has 1 aromatic carbocycles. The van der Waals surface area contributed by atoms with Gasteiger partial charge in [0.15, 0.2) is 0 Å². The van der Waals surface area contributed by atoms with E-state index < -0.39 is 12.5 Å². The van der Waals surface area contributed by atoms with Crippen molar-refractivity contribution in [1.29, 1.82) is 0 Å². The Kier molecular flexibility index (Phi) is 6.39. The molecule has 208 valence electrons. The van der Waals surface area contributed by atoms with Gasteiger partial charge in [0, 0.05) is 36.4 Å². The molecular weight excluding hydrogens is 473 g/mol. The van der Waals surface area contributed by atoms with Gasteiger partial charge in [-0.25, -0.2) is 0 Å². The molecule has 6 nitrogen and oxygen atoms in total. The lowest BCUT2D eigenvalue weighted by Crippen LogP contribution is -2.59. The highest BCUT2D eigenvalue weighted by Gasteiger charge is 2.57. The molecule has 3 saturated heterocycles. The van der Waals surface area contributed by atoms with Gasteiger partial charge in [0.2, 0.25) is 5.91 Å². The highest BCUT2D eigenvalue weighted by molar-refractivity contribution is 6.62. The topological polar surface area (TPSA) is 45.3 Å². The maximum absolute atomic E-state index is 14.5. The first-order valence-electron chi connectivity index (χ1n) is 15.2. The van der Waals surface area contributed by atoms with Crippen molar-refractivity contribution in [3.63, 3.8) is 0 Å². The average Bonchev–Trinajstić information content (AvgIpc) is 3.19. The van der Waals surface area contributed by atoms with Crippen LogP contribution in [0, 0.1) is 0 Å². The Morgan fingerprint density at radius 3 is 2.05 bits per heavy atom. The van der Waals surface area contributed by atoms with Gasteiger partial charge in [-0.2, -0.15) is 0 Å². The quantitative estimate of drug-likeness (QED) is 0.549. The van der Waals surface area contributed by atoms with Crippen LogP contribution in [0.3, 0.4) is 0 Å². The summed E-state index contributed by atoms with van der Waals surface area (Å²) >= 11 is 0. The first-order valence-corrected chi connectivity index (χ1v) is 15.2. The first-order chi connectivity index (χ1) is 17.8. The molecule has 0 unspecified atom stereocenters. The number of amides is 1. The number of hydrogen-bond acceptors (Lipinski definition) is 5. The highest BCUT2D eigenvalue weighted by atomic mass is 16.7. The molecule has 0 bridgehead atoms. The molecule has 4 fully saturated rings. The van der Waals surface area contributed by atoms with Gasteiger partial charge >= 0.3 is 7.12 Å². The highest BCUT2D eigenvalue weighted by Crippen LogP contribution is 2.51. The van der Waals surface area contributed by atoms with Gasteiger partial charge in [0.05, 0.1) is 16.6 Å². The van der Waals surface area contributed by atoms with Crippen molar-refractivity contribution in [2.24, 2.45) is 0 Å². The fourth-order valence-electron chi connectivity index (χ4n) is 7.49. The molecule has 6 rings (SSSR count). The third kappa shape index (κ3) is 4.18. The molecule has 0 atom stereocenters. The van der Waals surface area contributed by atoms with E-state index in [-0.39, 0.29) is 16.7 Å². The minimum Gasteiger partial charge on any atom is -0.399 e. The molecule has 1 aromatic rings. The van der Waals surface area contributed by atoms with Crippen LogP contribution in [0.15, 0.2) is 18.2 Å². The third-order valence-corrected chi connectivity index (χ3v) is 10.9. The largest absolute Gasteiger partial charge is 0.494 e. The Morgan fingerprint density at radius 1 is 0.868 bits per heavy atom. The number of hydrogen-bond donors (Lipinski definition) is 0. The standard InChI is InChI=1S/C31H48BN3O3/c1-28(2,3)34-17-13-31(14-18-34)25-12-11-22(32-37-29(4,5)30(6,7)38-32)19-26(25)35(27(31)36)24-20-23(21-24)33-15-9-8-10-16-33/h11-12,19,23-24H,8-10,13-18,20-21H2,1-7H3. The first kappa shape index (κ1) is 26.8. The summed E-state index contributed by atoms with van der Waals surface area (Å²) in [6.07, 6.45) is 7.97. The van der Waals surface area contributed by atoms with Crippen LogP contribution in [0.25, 0.3) is 0 Å². The molecule has 0 radical (unpaired) electrons. The zero-order valence-electron chi connectivity index (χ0n) is 24.8. The van der Waals surface area contributed by atoms with Gasteiger partial charge in [-0.05, 0) is 117 Å². The number of nitrogens with zero attached hydrogens (tertiary/aromatic N) is 3. The van der Waals surface area contributed by atoms with Crippen molar-refractivity contribution in [2.45, 2.75) is 128 Å². The van der Waals surface area contributed by atoms with Crippen molar-refractivity contribution < 1.29 is 14.1 Å². The van der Waals surface area contributed by atoms with Crippen LogP contribution in [0.4, 0.5) is 5.69 Å². The van der Waals surface area contributed by atoms with Gasteiger partial charge in [-0.1, -0.05) is 18.6 Å². The smallest absolute Gasteiger partial charge is 0.399 e. The molecule has 4 aliphatic heterocycles. The predicted molar refractivity (Wildman–Crippen MR) is 154 cm³/mol. The summed E-state index contributed by atoms with van der Waals surface area (Å²) in [5, 5.41) is 0. The Bertz CT molecular complexity index is 1060.